The average Bonchev–Trinajstić information content (AvgIpc) is 3.04. The molecule has 0 unspecified atom stereocenters. The molecule has 0 aliphatic rings. The second-order valence-corrected chi connectivity index (χ2v) is 10.5. The van der Waals surface area contributed by atoms with Crippen LogP contribution < -0.4 is 4.80 Å². The van der Waals surface area contributed by atoms with Gasteiger partial charge in [-0.3, -0.25) is 14.9 Å². The van der Waals surface area contributed by atoms with E-state index in [1.54, 1.807) is 36.6 Å². The van der Waals surface area contributed by atoms with Gasteiger partial charge in [0, 0.05) is 12.1 Å². The summed E-state index contributed by atoms with van der Waals surface area (Å²) >= 11 is 1.14. The zero-order valence-electron chi connectivity index (χ0n) is 16.8. The second kappa shape index (κ2) is 8.83. The highest BCUT2D eigenvalue weighted by atomic mass is 32.2. The van der Waals surface area contributed by atoms with E-state index in [0.29, 0.717) is 20.6 Å². The highest BCUT2D eigenvalue weighted by Crippen LogP contribution is 2.23. The molecular formula is C21H19N3O5S2. The Bertz CT molecular complexity index is 1380. The van der Waals surface area contributed by atoms with Crippen LogP contribution in [-0.2, 0) is 27.6 Å². The van der Waals surface area contributed by atoms with Crippen molar-refractivity contribution in [2.24, 2.45) is 4.99 Å². The quantitative estimate of drug-likeness (QED) is 0.321. The van der Waals surface area contributed by atoms with Gasteiger partial charge in [-0.2, -0.15) is 4.99 Å². The van der Waals surface area contributed by atoms with Crippen LogP contribution in [0.1, 0.15) is 19.4 Å². The number of sulfone groups is 1. The molecule has 3 aromatic rings. The number of nitro benzene ring substituents is 1. The van der Waals surface area contributed by atoms with Crippen LogP contribution in [-0.4, -0.2) is 29.1 Å². The topological polar surface area (TPSA) is 112 Å². The fraction of sp³-hybridized carbons (Fsp3) is 0.238. The minimum absolute atomic E-state index is 0.0214. The number of aromatic nitrogens is 1. The summed E-state index contributed by atoms with van der Waals surface area (Å²) in [5, 5.41) is 10.5. The van der Waals surface area contributed by atoms with Crippen molar-refractivity contribution in [3.8, 4) is 12.3 Å². The number of terminal acetylenes is 1. The number of carbonyl (C=O) groups excluding carboxylic acids is 1. The Kier molecular flexibility index (Phi) is 6.38. The first kappa shape index (κ1) is 22.4. The second-order valence-electron chi connectivity index (χ2n) is 7.00. The monoisotopic (exact) mass is 457 g/mol. The highest BCUT2D eigenvalue weighted by molar-refractivity contribution is 7.92. The Labute approximate surface area is 182 Å². The van der Waals surface area contributed by atoms with Gasteiger partial charge in [-0.25, -0.2) is 8.42 Å². The van der Waals surface area contributed by atoms with Gasteiger partial charge in [0.05, 0.1) is 38.3 Å². The first-order valence-corrected chi connectivity index (χ1v) is 11.6. The molecule has 2 aromatic carbocycles. The molecule has 0 spiro atoms. The van der Waals surface area contributed by atoms with E-state index < -0.39 is 25.9 Å². The van der Waals surface area contributed by atoms with Crippen LogP contribution in [0.15, 0.2) is 52.4 Å². The van der Waals surface area contributed by atoms with Crippen LogP contribution in [0.5, 0.6) is 0 Å². The van der Waals surface area contributed by atoms with Gasteiger partial charge in [0.15, 0.2) is 14.6 Å². The SMILES string of the molecule is C#CCn1c(=NC(=O)Cc2ccc(S(=O)(=O)C(C)C)cc2)sc2cc([N+](=O)[O-])ccc21. The number of nitro groups is 1. The minimum Gasteiger partial charge on any atom is -0.305 e. The molecule has 0 aliphatic carbocycles. The van der Waals surface area contributed by atoms with E-state index in [9.17, 15) is 23.3 Å². The lowest BCUT2D eigenvalue weighted by molar-refractivity contribution is -0.384. The maximum atomic E-state index is 12.5. The van der Waals surface area contributed by atoms with Gasteiger partial charge < -0.3 is 4.57 Å². The van der Waals surface area contributed by atoms with Crippen molar-refractivity contribution in [3.05, 3.63) is 62.9 Å². The summed E-state index contributed by atoms with van der Waals surface area (Å²) in [7, 11) is -3.38. The predicted molar refractivity (Wildman–Crippen MR) is 118 cm³/mol. The summed E-state index contributed by atoms with van der Waals surface area (Å²) in [5.41, 5.74) is 1.22. The molecule has 0 bridgehead atoms. The van der Waals surface area contributed by atoms with Gasteiger partial charge in [-0.15, -0.1) is 6.42 Å². The fourth-order valence-electron chi connectivity index (χ4n) is 2.89. The van der Waals surface area contributed by atoms with E-state index in [4.69, 9.17) is 6.42 Å². The van der Waals surface area contributed by atoms with Gasteiger partial charge in [-0.1, -0.05) is 29.4 Å². The number of thiazole rings is 1. The van der Waals surface area contributed by atoms with E-state index in [1.165, 1.54) is 24.3 Å². The summed E-state index contributed by atoms with van der Waals surface area (Å²) in [6.07, 6.45) is 5.41. The Morgan fingerprint density at radius 2 is 1.94 bits per heavy atom. The number of carbonyl (C=O) groups is 1. The molecule has 10 heteroatoms. The van der Waals surface area contributed by atoms with Crippen molar-refractivity contribution in [3.63, 3.8) is 0 Å². The van der Waals surface area contributed by atoms with Crippen molar-refractivity contribution < 1.29 is 18.1 Å². The molecule has 0 atom stereocenters. The van der Waals surface area contributed by atoms with Gasteiger partial charge in [-0.05, 0) is 37.6 Å². The van der Waals surface area contributed by atoms with E-state index in [2.05, 4.69) is 10.9 Å². The number of rotatable bonds is 6. The zero-order chi connectivity index (χ0) is 22.8. The zero-order valence-corrected chi connectivity index (χ0v) is 18.4. The molecule has 0 radical (unpaired) electrons. The largest absolute Gasteiger partial charge is 0.305 e. The first-order valence-electron chi connectivity index (χ1n) is 9.25. The van der Waals surface area contributed by atoms with Crippen LogP contribution in [0.25, 0.3) is 10.2 Å². The standard InChI is InChI=1S/C21H19N3O5S2/c1-4-11-23-18-10-7-16(24(26)27)13-19(18)30-21(23)22-20(25)12-15-5-8-17(9-6-15)31(28,29)14(2)3/h1,5-10,13-14H,11-12H2,2-3H3. The van der Waals surface area contributed by atoms with Crippen LogP contribution in [0, 0.1) is 22.5 Å². The summed E-state index contributed by atoms with van der Waals surface area (Å²) in [4.78, 5) is 27.8. The van der Waals surface area contributed by atoms with Gasteiger partial charge in [0.1, 0.15) is 0 Å². The maximum Gasteiger partial charge on any atom is 0.270 e. The molecule has 1 amide bonds. The molecule has 0 aliphatic heterocycles. The molecule has 1 aromatic heterocycles. The van der Waals surface area contributed by atoms with Gasteiger partial charge >= 0.3 is 0 Å². The third-order valence-electron chi connectivity index (χ3n) is 4.57. The predicted octanol–water partition coefficient (Wildman–Crippen LogP) is 3.10. The number of fused-ring (bicyclic) bond motifs is 1. The maximum absolute atomic E-state index is 12.5. The van der Waals surface area contributed by atoms with Crippen molar-refractivity contribution in [2.45, 2.75) is 37.0 Å². The molecule has 0 fully saturated rings. The van der Waals surface area contributed by atoms with E-state index in [1.807, 2.05) is 0 Å². The smallest absolute Gasteiger partial charge is 0.270 e. The molecule has 160 valence electrons. The van der Waals surface area contributed by atoms with E-state index >= 15 is 0 Å². The Morgan fingerprint density at radius 3 is 2.52 bits per heavy atom. The van der Waals surface area contributed by atoms with E-state index in [0.717, 1.165) is 11.3 Å². The van der Waals surface area contributed by atoms with Crippen LogP contribution in [0.4, 0.5) is 5.69 Å². The minimum atomic E-state index is -3.38. The van der Waals surface area contributed by atoms with Crippen LogP contribution in [0.3, 0.4) is 0 Å². The normalized spacial score (nSPS) is 12.3. The lowest BCUT2D eigenvalue weighted by Crippen LogP contribution is -2.17. The molecule has 0 saturated heterocycles. The number of hydrogen-bond acceptors (Lipinski definition) is 6. The van der Waals surface area contributed by atoms with Crippen molar-refractivity contribution in [2.75, 3.05) is 0 Å². The molecule has 31 heavy (non-hydrogen) atoms. The number of nitrogens with zero attached hydrogens (tertiary/aromatic N) is 3. The van der Waals surface area contributed by atoms with Gasteiger partial charge in [0.2, 0.25) is 0 Å². The molecule has 8 nitrogen and oxygen atoms in total. The first-order chi connectivity index (χ1) is 14.6. The number of benzene rings is 2. The third-order valence-corrected chi connectivity index (χ3v) is 7.79. The van der Waals surface area contributed by atoms with Gasteiger partial charge in [0.25, 0.3) is 11.6 Å². The van der Waals surface area contributed by atoms with E-state index in [-0.39, 0.29) is 23.5 Å². The third kappa shape index (κ3) is 4.73. The van der Waals surface area contributed by atoms with Crippen molar-refractivity contribution in [1.82, 2.24) is 4.57 Å². The van der Waals surface area contributed by atoms with Crippen molar-refractivity contribution >= 4 is 43.0 Å². The molecule has 1 heterocycles. The molecule has 0 saturated carbocycles. The molecular weight excluding hydrogens is 438 g/mol. The highest BCUT2D eigenvalue weighted by Gasteiger charge is 2.19. The molecule has 0 N–H and O–H groups in total. The fourth-order valence-corrected chi connectivity index (χ4v) is 5.03. The summed E-state index contributed by atoms with van der Waals surface area (Å²) in [6, 6.07) is 10.5. The number of hydrogen-bond donors (Lipinski definition) is 0. The Balaban J connectivity index is 1.92. The molecule has 3 rings (SSSR count). The summed E-state index contributed by atoms with van der Waals surface area (Å²) < 4.78 is 26.7. The average molecular weight is 458 g/mol. The summed E-state index contributed by atoms with van der Waals surface area (Å²) in [5.74, 6) is 2.06. The number of amides is 1. The Morgan fingerprint density at radius 1 is 1.26 bits per heavy atom. The van der Waals surface area contributed by atoms with Crippen LogP contribution in [0.2, 0.25) is 0 Å². The lowest BCUT2D eigenvalue weighted by Gasteiger charge is -2.08. The summed E-state index contributed by atoms with van der Waals surface area (Å²) in [6.45, 7) is 3.37. The van der Waals surface area contributed by atoms with Crippen molar-refractivity contribution in [1.29, 1.82) is 0 Å². The van der Waals surface area contributed by atoms with Crippen LogP contribution >= 0.6 is 11.3 Å². The Hall–Kier alpha value is -3.29. The lowest BCUT2D eigenvalue weighted by atomic mass is 10.1. The number of non-ortho nitro benzene ring substituents is 1.